The molecule has 5 heteroatoms. The minimum atomic E-state index is -2.70. The van der Waals surface area contributed by atoms with E-state index in [0.29, 0.717) is 12.5 Å². The van der Waals surface area contributed by atoms with E-state index < -0.39 is 8.80 Å². The summed E-state index contributed by atoms with van der Waals surface area (Å²) in [5.74, 6) is 0.503. The molecule has 0 N–H and O–H groups in total. The predicted molar refractivity (Wildman–Crippen MR) is 67.0 cm³/mol. The topological polar surface area (TPSA) is 27.7 Å². The molecule has 0 heterocycles. The van der Waals surface area contributed by atoms with Crippen LogP contribution < -0.4 is 5.19 Å². The van der Waals surface area contributed by atoms with Gasteiger partial charge in [0.15, 0.2) is 0 Å². The Bertz CT molecular complexity index is 312. The number of hydrogen-bond acceptors (Lipinski definition) is 3. The van der Waals surface area contributed by atoms with Gasteiger partial charge in [0.05, 0.1) is 0 Å². The number of benzene rings is 1. The molecule has 1 aromatic carbocycles. The van der Waals surface area contributed by atoms with E-state index in [2.05, 4.69) is 0 Å². The Balaban J connectivity index is 3.00. The number of hydrogen-bond donors (Lipinski definition) is 0. The van der Waals surface area contributed by atoms with Crippen molar-refractivity contribution in [1.29, 1.82) is 0 Å². The highest BCUT2D eigenvalue weighted by Crippen LogP contribution is 2.10. The van der Waals surface area contributed by atoms with Gasteiger partial charge in [0.2, 0.25) is 0 Å². The molecule has 0 aromatic heterocycles. The Labute approximate surface area is 103 Å². The molecule has 0 saturated heterocycles. The standard InChI is InChI=1S/C11H17ClO3Si/c1-4-15-16(13-2,14-3)11-7-5-10(9-12)6-8-11/h5-8H,4,9H2,1-3H3. The molecule has 90 valence electrons. The molecule has 1 aromatic rings. The molecule has 0 amide bonds. The average Bonchev–Trinajstić information content (AvgIpc) is 2.36. The van der Waals surface area contributed by atoms with E-state index in [1.165, 1.54) is 0 Å². The molecule has 0 spiro atoms. The predicted octanol–water partition coefficient (Wildman–Crippen LogP) is 1.90. The van der Waals surface area contributed by atoms with E-state index in [9.17, 15) is 0 Å². The van der Waals surface area contributed by atoms with Crippen LogP contribution in [0.3, 0.4) is 0 Å². The monoisotopic (exact) mass is 260 g/mol. The molecule has 3 nitrogen and oxygen atoms in total. The third-order valence-electron chi connectivity index (χ3n) is 2.33. The Hall–Kier alpha value is -0.393. The second-order valence-electron chi connectivity index (χ2n) is 3.23. The fourth-order valence-electron chi connectivity index (χ4n) is 1.51. The van der Waals surface area contributed by atoms with Crippen molar-refractivity contribution >= 4 is 25.6 Å². The summed E-state index contributed by atoms with van der Waals surface area (Å²) in [6.07, 6.45) is 0. The zero-order valence-electron chi connectivity index (χ0n) is 9.83. The zero-order valence-corrected chi connectivity index (χ0v) is 11.6. The van der Waals surface area contributed by atoms with Crippen molar-refractivity contribution in [1.82, 2.24) is 0 Å². The van der Waals surface area contributed by atoms with Crippen LogP contribution in [0.5, 0.6) is 0 Å². The van der Waals surface area contributed by atoms with Crippen molar-refractivity contribution in [2.75, 3.05) is 20.8 Å². The number of alkyl halides is 1. The first-order chi connectivity index (χ1) is 7.72. The third kappa shape index (κ3) is 2.84. The fourth-order valence-corrected chi connectivity index (χ4v) is 3.68. The Morgan fingerprint density at radius 2 is 1.69 bits per heavy atom. The van der Waals surface area contributed by atoms with Gasteiger partial charge in [-0.25, -0.2) is 0 Å². The summed E-state index contributed by atoms with van der Waals surface area (Å²) in [6, 6.07) is 7.82. The first kappa shape index (κ1) is 13.7. The van der Waals surface area contributed by atoms with Gasteiger partial charge in [-0.3, -0.25) is 0 Å². The molecule has 0 aliphatic heterocycles. The van der Waals surface area contributed by atoms with Crippen LogP contribution in [-0.4, -0.2) is 29.6 Å². The molecule has 0 fully saturated rings. The maximum atomic E-state index is 5.74. The maximum absolute atomic E-state index is 5.74. The molecule has 0 aliphatic rings. The second-order valence-corrected chi connectivity index (χ2v) is 6.29. The van der Waals surface area contributed by atoms with Gasteiger partial charge in [0.25, 0.3) is 0 Å². The SMILES string of the molecule is CCO[Si](OC)(OC)c1ccc(CCl)cc1. The minimum absolute atomic E-state index is 0.503. The summed E-state index contributed by atoms with van der Waals surface area (Å²) >= 11 is 5.74. The largest absolute Gasteiger partial charge is 0.536 e. The molecule has 0 aliphatic carbocycles. The highest BCUT2D eigenvalue weighted by Gasteiger charge is 2.41. The lowest BCUT2D eigenvalue weighted by Crippen LogP contribution is -2.55. The lowest BCUT2D eigenvalue weighted by molar-refractivity contribution is 0.120. The summed E-state index contributed by atoms with van der Waals surface area (Å²) in [6.45, 7) is 2.48. The zero-order chi connectivity index (χ0) is 12.0. The summed E-state index contributed by atoms with van der Waals surface area (Å²) in [5, 5.41) is 0.952. The molecule has 0 saturated carbocycles. The van der Waals surface area contributed by atoms with Crippen molar-refractivity contribution < 1.29 is 13.3 Å². The van der Waals surface area contributed by atoms with Crippen molar-refractivity contribution in [3.05, 3.63) is 29.8 Å². The Morgan fingerprint density at radius 3 is 2.06 bits per heavy atom. The van der Waals surface area contributed by atoms with Gasteiger partial charge in [-0.15, -0.1) is 11.6 Å². The van der Waals surface area contributed by atoms with Gasteiger partial charge in [0.1, 0.15) is 0 Å². The van der Waals surface area contributed by atoms with Gasteiger partial charge >= 0.3 is 8.80 Å². The first-order valence-corrected chi connectivity index (χ1v) is 7.38. The van der Waals surface area contributed by atoms with Crippen LogP contribution in [0.4, 0.5) is 0 Å². The van der Waals surface area contributed by atoms with Crippen molar-refractivity contribution in [2.24, 2.45) is 0 Å². The van der Waals surface area contributed by atoms with E-state index >= 15 is 0 Å². The number of halogens is 1. The Kier molecular flexibility index (Phi) is 5.44. The van der Waals surface area contributed by atoms with Gasteiger partial charge in [-0.05, 0) is 12.5 Å². The lowest BCUT2D eigenvalue weighted by Gasteiger charge is -2.25. The summed E-state index contributed by atoms with van der Waals surface area (Å²) in [7, 11) is 0.526. The fraction of sp³-hybridized carbons (Fsp3) is 0.455. The van der Waals surface area contributed by atoms with Crippen LogP contribution in [0, 0.1) is 0 Å². The second kappa shape index (κ2) is 6.37. The average molecular weight is 261 g/mol. The van der Waals surface area contributed by atoms with Crippen LogP contribution in [0.1, 0.15) is 12.5 Å². The quantitative estimate of drug-likeness (QED) is 0.578. The molecule has 0 unspecified atom stereocenters. The van der Waals surface area contributed by atoms with Gasteiger partial charge < -0.3 is 13.3 Å². The number of rotatable bonds is 6. The molecule has 1 rings (SSSR count). The smallest absolute Gasteiger partial charge is 0.373 e. The Morgan fingerprint density at radius 1 is 1.12 bits per heavy atom. The minimum Gasteiger partial charge on any atom is -0.373 e. The van der Waals surface area contributed by atoms with E-state index in [0.717, 1.165) is 10.8 Å². The van der Waals surface area contributed by atoms with Gasteiger partial charge in [0, 0.05) is 31.9 Å². The highest BCUT2D eigenvalue weighted by atomic mass is 35.5. The highest BCUT2D eigenvalue weighted by molar-refractivity contribution is 6.75. The van der Waals surface area contributed by atoms with E-state index in [1.807, 2.05) is 31.2 Å². The van der Waals surface area contributed by atoms with Gasteiger partial charge in [-0.1, -0.05) is 24.3 Å². The molecular weight excluding hydrogens is 244 g/mol. The van der Waals surface area contributed by atoms with E-state index in [1.54, 1.807) is 14.2 Å². The third-order valence-corrected chi connectivity index (χ3v) is 5.43. The van der Waals surface area contributed by atoms with E-state index in [4.69, 9.17) is 24.9 Å². The summed E-state index contributed by atoms with van der Waals surface area (Å²) < 4.78 is 16.5. The summed E-state index contributed by atoms with van der Waals surface area (Å²) in [5.41, 5.74) is 1.07. The van der Waals surface area contributed by atoms with Gasteiger partial charge in [-0.2, -0.15) is 0 Å². The van der Waals surface area contributed by atoms with E-state index in [-0.39, 0.29) is 0 Å². The molecular formula is C11H17ClO3Si. The van der Waals surface area contributed by atoms with Crippen LogP contribution in [0.25, 0.3) is 0 Å². The van der Waals surface area contributed by atoms with Crippen LogP contribution >= 0.6 is 11.6 Å². The summed E-state index contributed by atoms with van der Waals surface area (Å²) in [4.78, 5) is 0. The normalized spacial score (nSPS) is 11.8. The molecule has 16 heavy (non-hydrogen) atoms. The van der Waals surface area contributed by atoms with Crippen LogP contribution in [-0.2, 0) is 19.2 Å². The van der Waals surface area contributed by atoms with Crippen LogP contribution in [0.15, 0.2) is 24.3 Å². The van der Waals surface area contributed by atoms with Crippen molar-refractivity contribution in [2.45, 2.75) is 12.8 Å². The molecule has 0 radical (unpaired) electrons. The maximum Gasteiger partial charge on any atom is 0.536 e. The molecule has 0 atom stereocenters. The molecule has 0 bridgehead atoms. The van der Waals surface area contributed by atoms with Crippen molar-refractivity contribution in [3.8, 4) is 0 Å². The van der Waals surface area contributed by atoms with Crippen molar-refractivity contribution in [3.63, 3.8) is 0 Å². The first-order valence-electron chi connectivity index (χ1n) is 5.12. The van der Waals surface area contributed by atoms with Crippen LogP contribution in [0.2, 0.25) is 0 Å². The lowest BCUT2D eigenvalue weighted by atomic mass is 10.2.